The maximum Gasteiger partial charge on any atom is 0.0511 e. The minimum atomic E-state index is 0.639. The number of hydrogen-bond acceptors (Lipinski definition) is 2. The largest absolute Gasteiger partial charge is 0.369 e. The van der Waals surface area contributed by atoms with Crippen molar-refractivity contribution in [3.8, 4) is 0 Å². The molecule has 1 atom stereocenters. The Morgan fingerprint density at radius 2 is 2.25 bits per heavy atom. The molecule has 16 heavy (non-hydrogen) atoms. The Hall–Kier alpha value is -0.0600. The summed E-state index contributed by atoms with van der Waals surface area (Å²) in [5, 5.41) is 3.51. The Labute approximate surface area is 114 Å². The summed E-state index contributed by atoms with van der Waals surface area (Å²) in [7, 11) is 0. The summed E-state index contributed by atoms with van der Waals surface area (Å²) in [6.45, 7) is 5.46. The molecule has 0 bridgehead atoms. The molecule has 0 saturated carbocycles. The number of nitrogens with zero attached hydrogens (tertiary/aromatic N) is 1. The maximum absolute atomic E-state index is 3.62. The highest BCUT2D eigenvalue weighted by molar-refractivity contribution is 9.11. The normalized spacial score (nSPS) is 20.4. The van der Waals surface area contributed by atoms with Crippen molar-refractivity contribution < 1.29 is 0 Å². The third kappa shape index (κ3) is 2.79. The minimum Gasteiger partial charge on any atom is -0.369 e. The SMILES string of the molecule is CCNC1CCN(c2ccc(Br)cc2Br)C1. The van der Waals surface area contributed by atoms with Gasteiger partial charge in [0.25, 0.3) is 0 Å². The zero-order chi connectivity index (χ0) is 11.5. The van der Waals surface area contributed by atoms with Crippen LogP contribution < -0.4 is 10.2 Å². The van der Waals surface area contributed by atoms with Gasteiger partial charge in [-0.25, -0.2) is 0 Å². The fraction of sp³-hybridized carbons (Fsp3) is 0.500. The van der Waals surface area contributed by atoms with Gasteiger partial charge < -0.3 is 10.2 Å². The van der Waals surface area contributed by atoms with Gasteiger partial charge in [0.2, 0.25) is 0 Å². The second-order valence-corrected chi connectivity index (χ2v) is 5.86. The molecule has 2 nitrogen and oxygen atoms in total. The number of rotatable bonds is 3. The molecule has 0 radical (unpaired) electrons. The zero-order valence-corrected chi connectivity index (χ0v) is 12.5. The van der Waals surface area contributed by atoms with Crippen LogP contribution in [0.1, 0.15) is 13.3 Å². The van der Waals surface area contributed by atoms with E-state index in [1.54, 1.807) is 0 Å². The first-order chi connectivity index (χ1) is 7.70. The molecular formula is C12H16Br2N2. The van der Waals surface area contributed by atoms with Crippen molar-refractivity contribution in [2.45, 2.75) is 19.4 Å². The molecule has 1 heterocycles. The molecule has 1 aromatic rings. The van der Waals surface area contributed by atoms with Gasteiger partial charge >= 0.3 is 0 Å². The molecule has 1 saturated heterocycles. The zero-order valence-electron chi connectivity index (χ0n) is 9.34. The van der Waals surface area contributed by atoms with E-state index in [0.717, 1.165) is 24.1 Å². The standard InChI is InChI=1S/C12H16Br2N2/c1-2-15-10-5-6-16(8-10)12-4-3-9(13)7-11(12)14/h3-4,7,10,15H,2,5-6,8H2,1H3. The van der Waals surface area contributed by atoms with Gasteiger partial charge in [0.05, 0.1) is 5.69 Å². The number of likely N-dealkylation sites (N-methyl/N-ethyl adjacent to an activating group) is 1. The van der Waals surface area contributed by atoms with E-state index >= 15 is 0 Å². The fourth-order valence-electron chi connectivity index (χ4n) is 2.17. The number of nitrogens with one attached hydrogen (secondary N) is 1. The summed E-state index contributed by atoms with van der Waals surface area (Å²) in [5.74, 6) is 0. The van der Waals surface area contributed by atoms with E-state index in [0.29, 0.717) is 6.04 Å². The second kappa shape index (κ2) is 5.52. The van der Waals surface area contributed by atoms with Crippen molar-refractivity contribution in [1.29, 1.82) is 0 Å². The quantitative estimate of drug-likeness (QED) is 0.901. The lowest BCUT2D eigenvalue weighted by molar-refractivity contribution is 0.572. The van der Waals surface area contributed by atoms with Crippen LogP contribution in [0.25, 0.3) is 0 Å². The summed E-state index contributed by atoms with van der Waals surface area (Å²) in [6.07, 6.45) is 1.23. The van der Waals surface area contributed by atoms with Crippen LogP contribution in [0.4, 0.5) is 5.69 Å². The van der Waals surface area contributed by atoms with Gasteiger partial charge in [-0.15, -0.1) is 0 Å². The van der Waals surface area contributed by atoms with Crippen molar-refractivity contribution in [2.24, 2.45) is 0 Å². The van der Waals surface area contributed by atoms with Crippen LogP contribution in [-0.4, -0.2) is 25.7 Å². The molecule has 1 N–H and O–H groups in total. The predicted octanol–water partition coefficient (Wildman–Crippen LogP) is 3.40. The number of halogens is 2. The molecule has 2 rings (SSSR count). The lowest BCUT2D eigenvalue weighted by Gasteiger charge is -2.20. The van der Waals surface area contributed by atoms with Crippen LogP contribution in [-0.2, 0) is 0 Å². The van der Waals surface area contributed by atoms with E-state index in [4.69, 9.17) is 0 Å². The number of anilines is 1. The molecule has 0 aliphatic carbocycles. The highest BCUT2D eigenvalue weighted by atomic mass is 79.9. The van der Waals surface area contributed by atoms with E-state index in [9.17, 15) is 0 Å². The summed E-state index contributed by atoms with van der Waals surface area (Å²) < 4.78 is 2.28. The van der Waals surface area contributed by atoms with Crippen LogP contribution in [0.5, 0.6) is 0 Å². The fourth-order valence-corrected chi connectivity index (χ4v) is 3.47. The average Bonchev–Trinajstić information content (AvgIpc) is 2.67. The van der Waals surface area contributed by atoms with Crippen molar-refractivity contribution in [2.75, 3.05) is 24.5 Å². The Morgan fingerprint density at radius 3 is 2.94 bits per heavy atom. The maximum atomic E-state index is 3.62. The van der Waals surface area contributed by atoms with Crippen LogP contribution in [0, 0.1) is 0 Å². The van der Waals surface area contributed by atoms with Gasteiger partial charge in [0.15, 0.2) is 0 Å². The van der Waals surface area contributed by atoms with Gasteiger partial charge in [-0.1, -0.05) is 22.9 Å². The van der Waals surface area contributed by atoms with E-state index < -0.39 is 0 Å². The summed E-state index contributed by atoms with van der Waals surface area (Å²) >= 11 is 7.10. The second-order valence-electron chi connectivity index (χ2n) is 4.09. The molecule has 88 valence electrons. The Kier molecular flexibility index (Phi) is 4.27. The van der Waals surface area contributed by atoms with Crippen LogP contribution in [0.2, 0.25) is 0 Å². The van der Waals surface area contributed by atoms with E-state index in [2.05, 4.69) is 67.2 Å². The van der Waals surface area contributed by atoms with Crippen molar-refractivity contribution in [3.05, 3.63) is 27.1 Å². The topological polar surface area (TPSA) is 15.3 Å². The molecule has 0 aromatic heterocycles. The van der Waals surface area contributed by atoms with Crippen LogP contribution in [0.3, 0.4) is 0 Å². The van der Waals surface area contributed by atoms with E-state index in [1.165, 1.54) is 16.6 Å². The van der Waals surface area contributed by atoms with Crippen molar-refractivity contribution in [3.63, 3.8) is 0 Å². The highest BCUT2D eigenvalue weighted by Crippen LogP contribution is 2.31. The first-order valence-corrected chi connectivity index (χ1v) is 7.22. The number of hydrogen-bond donors (Lipinski definition) is 1. The van der Waals surface area contributed by atoms with Gasteiger partial charge in [0, 0.05) is 28.1 Å². The Morgan fingerprint density at radius 1 is 1.44 bits per heavy atom. The molecule has 0 amide bonds. The monoisotopic (exact) mass is 346 g/mol. The van der Waals surface area contributed by atoms with E-state index in [-0.39, 0.29) is 0 Å². The van der Waals surface area contributed by atoms with Crippen LogP contribution >= 0.6 is 31.9 Å². The minimum absolute atomic E-state index is 0.639. The molecular weight excluding hydrogens is 332 g/mol. The third-order valence-electron chi connectivity index (χ3n) is 2.93. The predicted molar refractivity (Wildman–Crippen MR) is 76.1 cm³/mol. The van der Waals surface area contributed by atoms with Gasteiger partial charge in [0.1, 0.15) is 0 Å². The lowest BCUT2D eigenvalue weighted by atomic mass is 10.2. The van der Waals surface area contributed by atoms with Crippen LogP contribution in [0.15, 0.2) is 27.1 Å². The molecule has 1 unspecified atom stereocenters. The Balaban J connectivity index is 2.08. The first kappa shape index (κ1) is 12.4. The first-order valence-electron chi connectivity index (χ1n) is 5.64. The summed E-state index contributed by atoms with van der Waals surface area (Å²) in [4.78, 5) is 2.43. The Bertz CT molecular complexity index is 368. The van der Waals surface area contributed by atoms with Gasteiger partial charge in [-0.05, 0) is 47.1 Å². The highest BCUT2D eigenvalue weighted by Gasteiger charge is 2.22. The molecule has 4 heteroatoms. The van der Waals surface area contributed by atoms with Crippen molar-refractivity contribution >= 4 is 37.5 Å². The molecule has 1 aromatic carbocycles. The molecule has 1 fully saturated rings. The number of benzene rings is 1. The third-order valence-corrected chi connectivity index (χ3v) is 4.06. The van der Waals surface area contributed by atoms with Crippen molar-refractivity contribution in [1.82, 2.24) is 5.32 Å². The van der Waals surface area contributed by atoms with E-state index in [1.807, 2.05) is 0 Å². The summed E-state index contributed by atoms with van der Waals surface area (Å²) in [6, 6.07) is 7.01. The molecule has 1 aliphatic heterocycles. The molecule has 0 spiro atoms. The van der Waals surface area contributed by atoms with Gasteiger partial charge in [-0.3, -0.25) is 0 Å². The molecule has 1 aliphatic rings. The smallest absolute Gasteiger partial charge is 0.0511 e. The van der Waals surface area contributed by atoms with Gasteiger partial charge in [-0.2, -0.15) is 0 Å². The summed E-state index contributed by atoms with van der Waals surface area (Å²) in [5.41, 5.74) is 1.30. The lowest BCUT2D eigenvalue weighted by Crippen LogP contribution is -2.32. The average molecular weight is 348 g/mol.